The van der Waals surface area contributed by atoms with Crippen molar-refractivity contribution in [2.75, 3.05) is 13.1 Å². The van der Waals surface area contributed by atoms with E-state index in [1.165, 1.54) is 12.8 Å². The molecule has 0 bridgehead atoms. The van der Waals surface area contributed by atoms with Gasteiger partial charge in [-0.25, -0.2) is 0 Å². The van der Waals surface area contributed by atoms with Crippen molar-refractivity contribution in [1.29, 1.82) is 0 Å². The second-order valence-corrected chi connectivity index (χ2v) is 5.11. The van der Waals surface area contributed by atoms with E-state index in [9.17, 15) is 4.79 Å². The molecule has 2 nitrogen and oxygen atoms in total. The number of hydrogen-bond acceptors (Lipinski definition) is 1. The molecule has 1 aliphatic rings. The molecule has 1 heterocycles. The van der Waals surface area contributed by atoms with E-state index in [0.717, 1.165) is 37.9 Å². The molecule has 1 saturated heterocycles. The fourth-order valence-corrected chi connectivity index (χ4v) is 2.75. The Morgan fingerprint density at radius 1 is 1.11 bits per heavy atom. The molecule has 1 amide bonds. The molecule has 1 aliphatic heterocycles. The topological polar surface area (TPSA) is 20.3 Å². The molecule has 0 aromatic heterocycles. The van der Waals surface area contributed by atoms with Crippen LogP contribution in [0.25, 0.3) is 0 Å². The van der Waals surface area contributed by atoms with Crippen molar-refractivity contribution in [2.24, 2.45) is 0 Å². The second kappa shape index (κ2) is 6.58. The van der Waals surface area contributed by atoms with Crippen LogP contribution in [0.3, 0.4) is 0 Å². The van der Waals surface area contributed by atoms with E-state index < -0.39 is 0 Å². The molecule has 18 heavy (non-hydrogen) atoms. The quantitative estimate of drug-likeness (QED) is 0.797. The lowest BCUT2D eigenvalue weighted by Gasteiger charge is -2.25. The highest BCUT2D eigenvalue weighted by Gasteiger charge is 2.24. The van der Waals surface area contributed by atoms with Crippen molar-refractivity contribution in [3.63, 3.8) is 0 Å². The van der Waals surface area contributed by atoms with Gasteiger partial charge in [0.15, 0.2) is 0 Å². The largest absolute Gasteiger partial charge is 0.342 e. The van der Waals surface area contributed by atoms with Gasteiger partial charge in [0.05, 0.1) is 5.92 Å². The molecular weight excluding hydrogens is 222 g/mol. The smallest absolute Gasteiger partial charge is 0.230 e. The molecule has 0 spiro atoms. The average Bonchev–Trinajstić information content (AvgIpc) is 2.69. The van der Waals surface area contributed by atoms with Gasteiger partial charge in [0.1, 0.15) is 0 Å². The molecule has 2 rings (SSSR count). The summed E-state index contributed by atoms with van der Waals surface area (Å²) in [7, 11) is 0. The Labute approximate surface area is 110 Å². The van der Waals surface area contributed by atoms with Crippen LogP contribution in [0.5, 0.6) is 0 Å². The molecule has 1 fully saturated rings. The van der Waals surface area contributed by atoms with Gasteiger partial charge in [0.2, 0.25) is 5.91 Å². The summed E-state index contributed by atoms with van der Waals surface area (Å²) in [5.74, 6) is 0.370. The summed E-state index contributed by atoms with van der Waals surface area (Å²) >= 11 is 0. The monoisotopic (exact) mass is 245 g/mol. The molecule has 1 aromatic carbocycles. The highest BCUT2D eigenvalue weighted by molar-refractivity contribution is 5.83. The van der Waals surface area contributed by atoms with Crippen molar-refractivity contribution < 1.29 is 4.79 Å². The average molecular weight is 245 g/mol. The van der Waals surface area contributed by atoms with Gasteiger partial charge in [0.25, 0.3) is 0 Å². The summed E-state index contributed by atoms with van der Waals surface area (Å²) in [6, 6.07) is 10.2. The summed E-state index contributed by atoms with van der Waals surface area (Å²) < 4.78 is 0. The van der Waals surface area contributed by atoms with Gasteiger partial charge in [-0.15, -0.1) is 0 Å². The van der Waals surface area contributed by atoms with Crippen LogP contribution >= 0.6 is 0 Å². The van der Waals surface area contributed by atoms with Crippen molar-refractivity contribution in [2.45, 2.75) is 44.9 Å². The molecule has 1 atom stereocenters. The molecule has 0 N–H and O–H groups in total. The SMILES string of the molecule is CC[C@@H](C(=O)N1CCCCCC1)c1ccccc1. The Morgan fingerprint density at radius 3 is 2.28 bits per heavy atom. The van der Waals surface area contributed by atoms with Gasteiger partial charge < -0.3 is 4.90 Å². The van der Waals surface area contributed by atoms with E-state index in [1.54, 1.807) is 0 Å². The molecule has 98 valence electrons. The van der Waals surface area contributed by atoms with Crippen LogP contribution in [-0.4, -0.2) is 23.9 Å². The minimum Gasteiger partial charge on any atom is -0.342 e. The summed E-state index contributed by atoms with van der Waals surface area (Å²) in [6.45, 7) is 4.00. The maximum Gasteiger partial charge on any atom is 0.230 e. The number of rotatable bonds is 3. The van der Waals surface area contributed by atoms with Crippen molar-refractivity contribution >= 4 is 5.91 Å². The van der Waals surface area contributed by atoms with E-state index in [-0.39, 0.29) is 5.92 Å². The Bertz CT molecular complexity index is 366. The van der Waals surface area contributed by atoms with E-state index in [0.29, 0.717) is 5.91 Å². The molecule has 0 saturated carbocycles. The van der Waals surface area contributed by atoms with Crippen LogP contribution in [0.4, 0.5) is 0 Å². The summed E-state index contributed by atoms with van der Waals surface area (Å²) in [6.07, 6.45) is 5.76. The van der Waals surface area contributed by atoms with E-state index in [4.69, 9.17) is 0 Å². The Morgan fingerprint density at radius 2 is 1.72 bits per heavy atom. The Kier molecular flexibility index (Phi) is 4.80. The first kappa shape index (κ1) is 13.1. The number of likely N-dealkylation sites (tertiary alicyclic amines) is 1. The summed E-state index contributed by atoms with van der Waals surface area (Å²) in [5, 5.41) is 0. The standard InChI is InChI=1S/C16H23NO/c1-2-15(14-10-6-5-7-11-14)16(18)17-12-8-3-4-9-13-17/h5-7,10-11,15H,2-4,8-9,12-13H2,1H3/t15-/m1/s1. The molecule has 0 unspecified atom stereocenters. The first-order valence-corrected chi connectivity index (χ1v) is 7.16. The van der Waals surface area contributed by atoms with Crippen LogP contribution in [0.2, 0.25) is 0 Å². The zero-order valence-electron chi connectivity index (χ0n) is 11.3. The molecule has 0 radical (unpaired) electrons. The van der Waals surface area contributed by atoms with Gasteiger partial charge in [-0.05, 0) is 24.8 Å². The predicted molar refractivity (Wildman–Crippen MR) is 74.5 cm³/mol. The molecule has 0 aliphatic carbocycles. The van der Waals surface area contributed by atoms with E-state index >= 15 is 0 Å². The van der Waals surface area contributed by atoms with E-state index in [2.05, 4.69) is 24.0 Å². The lowest BCUT2D eigenvalue weighted by molar-refractivity contribution is -0.132. The van der Waals surface area contributed by atoms with Crippen LogP contribution in [0.1, 0.15) is 50.5 Å². The maximum atomic E-state index is 12.6. The van der Waals surface area contributed by atoms with Gasteiger partial charge in [-0.1, -0.05) is 50.1 Å². The predicted octanol–water partition coefficient (Wildman–Crippen LogP) is 3.58. The fraction of sp³-hybridized carbons (Fsp3) is 0.562. The third-order valence-electron chi connectivity index (χ3n) is 3.83. The van der Waals surface area contributed by atoms with Gasteiger partial charge >= 0.3 is 0 Å². The second-order valence-electron chi connectivity index (χ2n) is 5.11. The Hall–Kier alpha value is -1.31. The zero-order chi connectivity index (χ0) is 12.8. The Balaban J connectivity index is 2.09. The van der Waals surface area contributed by atoms with E-state index in [1.807, 2.05) is 18.2 Å². The molecule has 1 aromatic rings. The fourth-order valence-electron chi connectivity index (χ4n) is 2.75. The van der Waals surface area contributed by atoms with Gasteiger partial charge in [-0.2, -0.15) is 0 Å². The third kappa shape index (κ3) is 3.12. The lowest BCUT2D eigenvalue weighted by atomic mass is 9.95. The highest BCUT2D eigenvalue weighted by atomic mass is 16.2. The first-order valence-electron chi connectivity index (χ1n) is 7.16. The van der Waals surface area contributed by atoms with Crippen LogP contribution < -0.4 is 0 Å². The number of benzene rings is 1. The molecular formula is C16H23NO. The number of carbonyl (C=O) groups excluding carboxylic acids is 1. The number of amides is 1. The van der Waals surface area contributed by atoms with Crippen LogP contribution in [0.15, 0.2) is 30.3 Å². The minimum absolute atomic E-state index is 0.0456. The van der Waals surface area contributed by atoms with Crippen molar-refractivity contribution in [3.05, 3.63) is 35.9 Å². The summed E-state index contributed by atoms with van der Waals surface area (Å²) in [4.78, 5) is 14.7. The maximum absolute atomic E-state index is 12.6. The number of carbonyl (C=O) groups is 1. The van der Waals surface area contributed by atoms with Crippen LogP contribution in [0, 0.1) is 0 Å². The van der Waals surface area contributed by atoms with Gasteiger partial charge in [0, 0.05) is 13.1 Å². The normalized spacial score (nSPS) is 18.2. The lowest BCUT2D eigenvalue weighted by Crippen LogP contribution is -2.35. The van der Waals surface area contributed by atoms with Crippen LogP contribution in [-0.2, 0) is 4.79 Å². The highest BCUT2D eigenvalue weighted by Crippen LogP contribution is 2.23. The van der Waals surface area contributed by atoms with Crippen molar-refractivity contribution in [1.82, 2.24) is 4.90 Å². The first-order chi connectivity index (χ1) is 8.83. The number of hydrogen-bond donors (Lipinski definition) is 0. The van der Waals surface area contributed by atoms with Crippen molar-refractivity contribution in [3.8, 4) is 0 Å². The minimum atomic E-state index is 0.0456. The summed E-state index contributed by atoms with van der Waals surface area (Å²) in [5.41, 5.74) is 1.16. The van der Waals surface area contributed by atoms with Gasteiger partial charge in [-0.3, -0.25) is 4.79 Å². The zero-order valence-corrected chi connectivity index (χ0v) is 11.3. The number of nitrogens with zero attached hydrogens (tertiary/aromatic N) is 1. The molecule has 2 heteroatoms. The third-order valence-corrected chi connectivity index (χ3v) is 3.83.